The molecule has 1 aliphatic rings. The van der Waals surface area contributed by atoms with Gasteiger partial charge in [-0.25, -0.2) is 0 Å². The number of nitrogens with zero attached hydrogens (tertiary/aromatic N) is 2. The largest absolute Gasteiger partial charge is 0.497 e. The highest BCUT2D eigenvalue weighted by Crippen LogP contribution is 2.29. The highest BCUT2D eigenvalue weighted by Gasteiger charge is 2.31. The first-order valence-electron chi connectivity index (χ1n) is 11.0. The topological polar surface area (TPSA) is 61.9 Å². The summed E-state index contributed by atoms with van der Waals surface area (Å²) in [6, 6.07) is 18.7. The van der Waals surface area contributed by atoms with Crippen molar-refractivity contribution in [2.75, 3.05) is 38.6 Å². The molecular weight excluding hydrogens is 459 g/mol. The molecule has 35 heavy (non-hydrogen) atoms. The van der Waals surface area contributed by atoms with E-state index in [0.717, 1.165) is 23.6 Å². The molecule has 0 unspecified atom stereocenters. The number of benzene rings is 3. The summed E-state index contributed by atoms with van der Waals surface area (Å²) in [6.45, 7) is 1.23. The van der Waals surface area contributed by atoms with Crippen molar-refractivity contribution in [2.24, 2.45) is 0 Å². The normalized spacial score (nSPS) is 13.9. The molecule has 1 fully saturated rings. The number of alkyl halides is 3. The minimum absolute atomic E-state index is 0.164. The third kappa shape index (κ3) is 5.56. The third-order valence-corrected chi connectivity index (χ3v) is 5.84. The van der Waals surface area contributed by atoms with Crippen LogP contribution in [0, 0.1) is 0 Å². The van der Waals surface area contributed by atoms with Crippen LogP contribution in [0.25, 0.3) is 0 Å². The Morgan fingerprint density at radius 2 is 1.37 bits per heavy atom. The van der Waals surface area contributed by atoms with Crippen LogP contribution in [0.2, 0.25) is 0 Å². The van der Waals surface area contributed by atoms with E-state index in [1.165, 1.54) is 12.1 Å². The van der Waals surface area contributed by atoms with E-state index in [2.05, 4.69) is 5.32 Å². The second-order valence-corrected chi connectivity index (χ2v) is 8.06. The summed E-state index contributed by atoms with van der Waals surface area (Å²) >= 11 is 0. The number of hydrogen-bond acceptors (Lipinski definition) is 4. The average molecular weight is 483 g/mol. The number of anilines is 2. The van der Waals surface area contributed by atoms with E-state index < -0.39 is 11.7 Å². The van der Waals surface area contributed by atoms with Crippen molar-refractivity contribution in [3.05, 3.63) is 89.5 Å². The van der Waals surface area contributed by atoms with Gasteiger partial charge in [0.2, 0.25) is 0 Å². The van der Waals surface area contributed by atoms with E-state index in [4.69, 9.17) is 4.74 Å². The number of amides is 2. The van der Waals surface area contributed by atoms with Crippen LogP contribution >= 0.6 is 0 Å². The zero-order valence-corrected chi connectivity index (χ0v) is 19.0. The van der Waals surface area contributed by atoms with Gasteiger partial charge in [0.15, 0.2) is 0 Å². The molecule has 1 saturated heterocycles. The molecule has 0 spiro atoms. The molecule has 0 atom stereocenters. The van der Waals surface area contributed by atoms with Crippen LogP contribution in [-0.4, -0.2) is 54.9 Å². The number of carbonyl (C=O) groups excluding carboxylic acids is 2. The lowest BCUT2D eigenvalue weighted by molar-refractivity contribution is -0.137. The Balaban J connectivity index is 1.40. The van der Waals surface area contributed by atoms with Gasteiger partial charge in [0, 0.05) is 37.4 Å². The maximum Gasteiger partial charge on any atom is 0.416 e. The lowest BCUT2D eigenvalue weighted by atomic mass is 10.1. The van der Waals surface area contributed by atoms with Crippen LogP contribution in [-0.2, 0) is 6.18 Å². The molecule has 0 aromatic heterocycles. The highest BCUT2D eigenvalue weighted by molar-refractivity contribution is 6.00. The molecule has 0 aliphatic carbocycles. The van der Waals surface area contributed by atoms with Gasteiger partial charge in [-0.3, -0.25) is 9.59 Å². The van der Waals surface area contributed by atoms with Gasteiger partial charge < -0.3 is 19.9 Å². The van der Waals surface area contributed by atoms with Crippen LogP contribution in [0.5, 0.6) is 5.75 Å². The fourth-order valence-corrected chi connectivity index (χ4v) is 3.88. The Morgan fingerprint density at radius 3 is 1.94 bits per heavy atom. The SMILES string of the molecule is COc1ccc(Nc2ccccc2C(=O)N2CCN(C(=O)c3ccc(C(F)(F)F)cc3)CC2)cc1. The number of ether oxygens (including phenoxy) is 1. The lowest BCUT2D eigenvalue weighted by Gasteiger charge is -2.35. The summed E-state index contributed by atoms with van der Waals surface area (Å²) in [5.74, 6) is 0.208. The zero-order chi connectivity index (χ0) is 25.0. The van der Waals surface area contributed by atoms with E-state index in [9.17, 15) is 22.8 Å². The molecule has 0 saturated carbocycles. The quantitative estimate of drug-likeness (QED) is 0.552. The monoisotopic (exact) mass is 483 g/mol. The minimum atomic E-state index is -4.45. The van der Waals surface area contributed by atoms with Gasteiger partial charge in [-0.2, -0.15) is 13.2 Å². The summed E-state index contributed by atoms with van der Waals surface area (Å²) in [7, 11) is 1.59. The summed E-state index contributed by atoms with van der Waals surface area (Å²) < 4.78 is 43.5. The molecular formula is C26H24F3N3O3. The van der Waals surface area contributed by atoms with Crippen molar-refractivity contribution in [3.8, 4) is 5.75 Å². The van der Waals surface area contributed by atoms with Crippen LogP contribution < -0.4 is 10.1 Å². The number of halogens is 3. The first kappa shape index (κ1) is 24.1. The first-order chi connectivity index (χ1) is 16.8. The Kier molecular flexibility index (Phi) is 6.95. The number of piperazine rings is 1. The Labute approximate surface area is 200 Å². The van der Waals surface area contributed by atoms with E-state index in [1.54, 1.807) is 29.0 Å². The maximum atomic E-state index is 13.2. The molecule has 3 aromatic rings. The lowest BCUT2D eigenvalue weighted by Crippen LogP contribution is -2.50. The Morgan fingerprint density at radius 1 is 0.800 bits per heavy atom. The summed E-state index contributed by atoms with van der Waals surface area (Å²) in [6.07, 6.45) is -4.45. The molecule has 2 amide bonds. The van der Waals surface area contributed by atoms with Gasteiger partial charge in [0.05, 0.1) is 23.9 Å². The van der Waals surface area contributed by atoms with Gasteiger partial charge in [-0.05, 0) is 60.7 Å². The average Bonchev–Trinajstić information content (AvgIpc) is 2.88. The molecule has 0 bridgehead atoms. The van der Waals surface area contributed by atoms with E-state index >= 15 is 0 Å². The van der Waals surface area contributed by atoms with Crippen LogP contribution in [0.3, 0.4) is 0 Å². The number of hydrogen-bond donors (Lipinski definition) is 1. The molecule has 0 radical (unpaired) electrons. The summed E-state index contributed by atoms with van der Waals surface area (Å²) in [5, 5.41) is 3.26. The van der Waals surface area contributed by atoms with Crippen molar-refractivity contribution in [1.82, 2.24) is 9.80 Å². The van der Waals surface area contributed by atoms with Crippen LogP contribution in [0.4, 0.5) is 24.5 Å². The minimum Gasteiger partial charge on any atom is -0.497 e. The van der Waals surface area contributed by atoms with Crippen LogP contribution in [0.1, 0.15) is 26.3 Å². The highest BCUT2D eigenvalue weighted by atomic mass is 19.4. The second kappa shape index (κ2) is 10.1. The van der Waals surface area contributed by atoms with Gasteiger partial charge in [0.25, 0.3) is 11.8 Å². The standard InChI is InChI=1S/C26H24F3N3O3/c1-35-21-12-10-20(11-13-21)30-23-5-3-2-4-22(23)25(34)32-16-14-31(15-17-32)24(33)18-6-8-19(9-7-18)26(27,28)29/h2-13,30H,14-17H2,1H3. The van der Waals surface area contributed by atoms with Gasteiger partial charge in [-0.15, -0.1) is 0 Å². The summed E-state index contributed by atoms with van der Waals surface area (Å²) in [4.78, 5) is 29.2. The fraction of sp³-hybridized carbons (Fsp3) is 0.231. The number of para-hydroxylation sites is 1. The molecule has 1 aliphatic heterocycles. The molecule has 6 nitrogen and oxygen atoms in total. The van der Waals surface area contributed by atoms with Crippen LogP contribution in [0.15, 0.2) is 72.8 Å². The third-order valence-electron chi connectivity index (χ3n) is 5.84. The zero-order valence-electron chi connectivity index (χ0n) is 19.0. The molecule has 9 heteroatoms. The predicted octanol–water partition coefficient (Wildman–Crippen LogP) is 5.06. The number of carbonyl (C=O) groups is 2. The van der Waals surface area contributed by atoms with Gasteiger partial charge in [-0.1, -0.05) is 12.1 Å². The van der Waals surface area contributed by atoms with Crippen molar-refractivity contribution < 1.29 is 27.5 Å². The molecule has 1 heterocycles. The number of rotatable bonds is 5. The maximum absolute atomic E-state index is 13.2. The van der Waals surface area contributed by atoms with E-state index in [0.29, 0.717) is 37.4 Å². The Bertz CT molecular complexity index is 1190. The number of nitrogens with one attached hydrogen (secondary N) is 1. The summed E-state index contributed by atoms with van der Waals surface area (Å²) in [5.41, 5.74) is 1.35. The van der Waals surface area contributed by atoms with Crippen molar-refractivity contribution in [1.29, 1.82) is 0 Å². The molecule has 1 N–H and O–H groups in total. The smallest absolute Gasteiger partial charge is 0.416 e. The first-order valence-corrected chi connectivity index (χ1v) is 11.0. The van der Waals surface area contributed by atoms with Crippen molar-refractivity contribution in [3.63, 3.8) is 0 Å². The van der Waals surface area contributed by atoms with Crippen molar-refractivity contribution >= 4 is 23.2 Å². The van der Waals surface area contributed by atoms with Gasteiger partial charge >= 0.3 is 6.18 Å². The molecule has 182 valence electrons. The van der Waals surface area contributed by atoms with Gasteiger partial charge in [0.1, 0.15) is 5.75 Å². The van der Waals surface area contributed by atoms with Crippen molar-refractivity contribution in [2.45, 2.75) is 6.18 Å². The molecule has 4 rings (SSSR count). The number of methoxy groups -OCH3 is 1. The van der Waals surface area contributed by atoms with E-state index in [1.807, 2.05) is 36.4 Å². The second-order valence-electron chi connectivity index (χ2n) is 8.06. The Hall–Kier alpha value is -4.01. The predicted molar refractivity (Wildman–Crippen MR) is 126 cm³/mol. The van der Waals surface area contributed by atoms with E-state index in [-0.39, 0.29) is 17.4 Å². The molecule has 3 aromatic carbocycles. The fourth-order valence-electron chi connectivity index (χ4n) is 3.88.